The summed E-state index contributed by atoms with van der Waals surface area (Å²) in [5.41, 5.74) is 1.70. The van der Waals surface area contributed by atoms with Gasteiger partial charge in [0.15, 0.2) is 6.29 Å². The van der Waals surface area contributed by atoms with E-state index in [9.17, 15) is 9.59 Å². The molecule has 4 rings (SSSR count). The van der Waals surface area contributed by atoms with Crippen LogP contribution in [0.5, 0.6) is 0 Å². The first-order valence-electron chi connectivity index (χ1n) is 6.18. The van der Waals surface area contributed by atoms with Crippen molar-refractivity contribution in [3.8, 4) is 0 Å². The number of nitrogens with zero attached hydrogens (tertiary/aromatic N) is 2. The number of carbonyl (C=O) groups is 2. The minimum absolute atomic E-state index is 0.193. The van der Waals surface area contributed by atoms with Gasteiger partial charge in [-0.1, -0.05) is 24.3 Å². The van der Waals surface area contributed by atoms with E-state index in [1.807, 2.05) is 30.3 Å². The van der Waals surface area contributed by atoms with Crippen LogP contribution in [-0.2, 0) is 4.79 Å². The number of Topliss-reactive ketones (excluding diaryl/α,β-unsaturated/α-hetero) is 1. The Hall–Kier alpha value is -2.88. The van der Waals surface area contributed by atoms with Crippen molar-refractivity contribution in [1.82, 2.24) is 9.97 Å². The third-order valence-electron chi connectivity index (χ3n) is 3.54. The summed E-state index contributed by atoms with van der Waals surface area (Å²) in [6, 6.07) is 11.2. The smallest absolute Gasteiger partial charge is 0.244 e. The zero-order valence-electron chi connectivity index (χ0n) is 10.3. The molecule has 0 fully saturated rings. The summed E-state index contributed by atoms with van der Waals surface area (Å²) in [7, 11) is 0. The topological polar surface area (TPSA) is 59.9 Å². The van der Waals surface area contributed by atoms with Gasteiger partial charge in [0.25, 0.3) is 0 Å². The molecule has 4 aromatic rings. The number of hydrogen-bond acceptors (Lipinski definition) is 4. The maximum absolute atomic E-state index is 11.8. The largest absolute Gasteiger partial charge is 0.294 e. The molecule has 0 atom stereocenters. The lowest BCUT2D eigenvalue weighted by Gasteiger charge is -2.11. The third-order valence-corrected chi connectivity index (χ3v) is 3.54. The van der Waals surface area contributed by atoms with Crippen molar-refractivity contribution in [1.29, 1.82) is 0 Å². The SMILES string of the molecule is O=CC(=O)c1nc2cccc3cnc4cccc1c4c32. The van der Waals surface area contributed by atoms with Crippen molar-refractivity contribution >= 4 is 44.6 Å². The second-order valence-corrected chi connectivity index (χ2v) is 4.64. The summed E-state index contributed by atoms with van der Waals surface area (Å²) >= 11 is 0. The van der Waals surface area contributed by atoms with Gasteiger partial charge < -0.3 is 0 Å². The molecular weight excluding hydrogens is 252 g/mol. The predicted molar refractivity (Wildman–Crippen MR) is 76.1 cm³/mol. The number of aromatic nitrogens is 2. The van der Waals surface area contributed by atoms with Gasteiger partial charge in [0, 0.05) is 27.7 Å². The Morgan fingerprint density at radius 2 is 1.80 bits per heavy atom. The monoisotopic (exact) mass is 260 g/mol. The van der Waals surface area contributed by atoms with E-state index in [1.165, 1.54) is 0 Å². The zero-order chi connectivity index (χ0) is 13.7. The summed E-state index contributed by atoms with van der Waals surface area (Å²) in [6.07, 6.45) is 2.10. The van der Waals surface area contributed by atoms with Gasteiger partial charge in [-0.2, -0.15) is 0 Å². The summed E-state index contributed by atoms with van der Waals surface area (Å²) in [6.45, 7) is 0. The Kier molecular flexibility index (Phi) is 2.09. The molecule has 0 bridgehead atoms. The highest BCUT2D eigenvalue weighted by molar-refractivity contribution is 6.37. The van der Waals surface area contributed by atoms with Crippen LogP contribution in [0.15, 0.2) is 42.6 Å². The molecule has 0 spiro atoms. The highest BCUT2D eigenvalue weighted by Gasteiger charge is 2.17. The molecule has 0 saturated carbocycles. The van der Waals surface area contributed by atoms with Crippen LogP contribution in [0, 0.1) is 0 Å². The molecule has 2 heterocycles. The summed E-state index contributed by atoms with van der Waals surface area (Å²) in [4.78, 5) is 31.4. The lowest BCUT2D eigenvalue weighted by atomic mass is 9.98. The van der Waals surface area contributed by atoms with Crippen LogP contribution < -0.4 is 0 Å². The summed E-state index contributed by atoms with van der Waals surface area (Å²) < 4.78 is 0. The molecule has 2 aromatic carbocycles. The minimum atomic E-state index is -0.607. The number of rotatable bonds is 2. The highest BCUT2D eigenvalue weighted by Crippen LogP contribution is 2.33. The number of ketones is 1. The average molecular weight is 260 g/mol. The summed E-state index contributed by atoms with van der Waals surface area (Å²) in [5, 5.41) is 3.52. The van der Waals surface area contributed by atoms with Crippen LogP contribution in [0.2, 0.25) is 0 Å². The molecule has 94 valence electrons. The molecule has 0 amide bonds. The highest BCUT2D eigenvalue weighted by atomic mass is 16.2. The molecule has 0 saturated heterocycles. The minimum Gasteiger partial charge on any atom is -0.294 e. The molecular formula is C16H8N2O2. The molecule has 0 N–H and O–H groups in total. The molecule has 0 radical (unpaired) electrons. The Morgan fingerprint density at radius 1 is 1.00 bits per heavy atom. The molecule has 4 nitrogen and oxygen atoms in total. The summed E-state index contributed by atoms with van der Waals surface area (Å²) in [5.74, 6) is -0.607. The molecule has 4 heteroatoms. The third kappa shape index (κ3) is 1.30. The standard InChI is InChI=1S/C16H8N2O2/c19-8-13(20)16-10-4-2-5-11-15(10)14-9(7-17-11)3-1-6-12(14)18-16/h1-8H. The Labute approximate surface area is 113 Å². The van der Waals surface area contributed by atoms with E-state index in [4.69, 9.17) is 0 Å². The van der Waals surface area contributed by atoms with Crippen molar-refractivity contribution in [3.63, 3.8) is 0 Å². The fourth-order valence-electron chi connectivity index (χ4n) is 2.70. The van der Waals surface area contributed by atoms with Gasteiger partial charge in [-0.05, 0) is 12.1 Å². The van der Waals surface area contributed by atoms with Gasteiger partial charge in [-0.3, -0.25) is 14.6 Å². The first-order valence-corrected chi connectivity index (χ1v) is 6.18. The van der Waals surface area contributed by atoms with Gasteiger partial charge in [-0.15, -0.1) is 0 Å². The van der Waals surface area contributed by atoms with E-state index < -0.39 is 5.78 Å². The van der Waals surface area contributed by atoms with Crippen molar-refractivity contribution < 1.29 is 9.59 Å². The first kappa shape index (κ1) is 11.0. The predicted octanol–water partition coefficient (Wildman–Crippen LogP) is 2.76. The van der Waals surface area contributed by atoms with Crippen LogP contribution >= 0.6 is 0 Å². The second kappa shape index (κ2) is 3.81. The first-order chi connectivity index (χ1) is 9.79. The molecule has 0 aliphatic heterocycles. The Balaban J connectivity index is 2.37. The maximum Gasteiger partial charge on any atom is 0.244 e. The fourth-order valence-corrected chi connectivity index (χ4v) is 2.70. The molecule has 0 aliphatic rings. The zero-order valence-corrected chi connectivity index (χ0v) is 10.3. The van der Waals surface area contributed by atoms with Crippen LogP contribution in [0.4, 0.5) is 0 Å². The van der Waals surface area contributed by atoms with E-state index in [0.717, 1.165) is 21.7 Å². The van der Waals surface area contributed by atoms with Gasteiger partial charge in [-0.25, -0.2) is 4.98 Å². The number of pyridine rings is 2. The quantitative estimate of drug-likeness (QED) is 0.241. The molecule has 0 unspecified atom stereocenters. The lowest BCUT2D eigenvalue weighted by Crippen LogP contribution is -2.05. The van der Waals surface area contributed by atoms with Crippen LogP contribution in [0.3, 0.4) is 0 Å². The number of aldehydes is 1. The maximum atomic E-state index is 11.8. The van der Waals surface area contributed by atoms with Gasteiger partial charge in [0.2, 0.25) is 5.78 Å². The van der Waals surface area contributed by atoms with E-state index >= 15 is 0 Å². The van der Waals surface area contributed by atoms with Crippen LogP contribution in [0.1, 0.15) is 10.5 Å². The Morgan fingerprint density at radius 3 is 2.65 bits per heavy atom. The average Bonchev–Trinajstić information content (AvgIpc) is 2.51. The molecule has 2 aromatic heterocycles. The number of carbonyl (C=O) groups excluding carboxylic acids is 2. The van der Waals surface area contributed by atoms with Crippen LogP contribution in [-0.4, -0.2) is 22.0 Å². The van der Waals surface area contributed by atoms with Gasteiger partial charge in [0.1, 0.15) is 5.69 Å². The molecule has 0 aliphatic carbocycles. The van der Waals surface area contributed by atoms with Crippen molar-refractivity contribution in [2.24, 2.45) is 0 Å². The number of hydrogen-bond donors (Lipinski definition) is 0. The normalized spacial score (nSPS) is 11.4. The van der Waals surface area contributed by atoms with E-state index in [0.29, 0.717) is 17.2 Å². The van der Waals surface area contributed by atoms with E-state index in [-0.39, 0.29) is 5.69 Å². The lowest BCUT2D eigenvalue weighted by molar-refractivity contribution is -0.104. The van der Waals surface area contributed by atoms with Crippen molar-refractivity contribution in [3.05, 3.63) is 48.3 Å². The van der Waals surface area contributed by atoms with Crippen molar-refractivity contribution in [2.75, 3.05) is 0 Å². The van der Waals surface area contributed by atoms with Crippen molar-refractivity contribution in [2.45, 2.75) is 0 Å². The fraction of sp³-hybridized carbons (Fsp3) is 0. The van der Waals surface area contributed by atoms with E-state index in [2.05, 4.69) is 9.97 Å². The second-order valence-electron chi connectivity index (χ2n) is 4.64. The Bertz CT molecular complexity index is 992. The van der Waals surface area contributed by atoms with E-state index in [1.54, 1.807) is 12.3 Å². The van der Waals surface area contributed by atoms with Gasteiger partial charge >= 0.3 is 0 Å². The molecule has 20 heavy (non-hydrogen) atoms. The number of benzene rings is 2. The van der Waals surface area contributed by atoms with Crippen LogP contribution in [0.25, 0.3) is 32.6 Å². The van der Waals surface area contributed by atoms with Gasteiger partial charge in [0.05, 0.1) is 11.0 Å².